The minimum Gasteiger partial charge on any atom is -0.390 e. The van der Waals surface area contributed by atoms with E-state index in [2.05, 4.69) is 0 Å². The van der Waals surface area contributed by atoms with Crippen LogP contribution in [0, 0.1) is 17.8 Å². The van der Waals surface area contributed by atoms with Crippen LogP contribution in [0.5, 0.6) is 0 Å². The van der Waals surface area contributed by atoms with Crippen LogP contribution in [-0.2, 0) is 0 Å². The molecule has 4 rings (SSSR count). The highest BCUT2D eigenvalue weighted by atomic mass is 16.3. The van der Waals surface area contributed by atoms with Crippen LogP contribution in [0.25, 0.3) is 0 Å². The quantitative estimate of drug-likeness (QED) is 0.564. The van der Waals surface area contributed by atoms with Crippen LogP contribution in [0.15, 0.2) is 0 Å². The Hall–Kier alpha value is -0.120. The zero-order chi connectivity index (χ0) is 9.97. The molecule has 4 aliphatic rings. The predicted molar refractivity (Wildman–Crippen MR) is 52.5 cm³/mol. The molecule has 14 heavy (non-hydrogen) atoms. The molecule has 3 nitrogen and oxygen atoms in total. The molecule has 4 saturated carbocycles. The van der Waals surface area contributed by atoms with Crippen molar-refractivity contribution in [1.82, 2.24) is 0 Å². The lowest BCUT2D eigenvalue weighted by Crippen LogP contribution is -2.66. The Morgan fingerprint density at radius 2 is 1.64 bits per heavy atom. The van der Waals surface area contributed by atoms with E-state index in [0.717, 1.165) is 32.1 Å². The van der Waals surface area contributed by atoms with Crippen molar-refractivity contribution in [2.24, 2.45) is 23.5 Å². The monoisotopic (exact) mass is 197 g/mol. The number of aliphatic hydroxyl groups is 2. The van der Waals surface area contributed by atoms with Crippen molar-refractivity contribution in [3.05, 3.63) is 0 Å². The molecule has 0 amide bonds. The van der Waals surface area contributed by atoms with Crippen LogP contribution in [-0.4, -0.2) is 28.0 Å². The van der Waals surface area contributed by atoms with Gasteiger partial charge in [0.2, 0.25) is 0 Å². The number of hydrogen-bond acceptors (Lipinski definition) is 3. The van der Waals surface area contributed by atoms with Crippen LogP contribution < -0.4 is 5.73 Å². The van der Waals surface area contributed by atoms with Crippen molar-refractivity contribution in [2.45, 2.75) is 43.3 Å². The first-order chi connectivity index (χ1) is 6.56. The van der Waals surface area contributed by atoms with Crippen LogP contribution in [0.3, 0.4) is 0 Å². The van der Waals surface area contributed by atoms with E-state index in [4.69, 9.17) is 5.73 Å². The fraction of sp³-hybridized carbons (Fsp3) is 1.00. The molecule has 0 radical (unpaired) electrons. The second-order valence-electron chi connectivity index (χ2n) is 5.76. The van der Waals surface area contributed by atoms with Crippen LogP contribution in [0.4, 0.5) is 0 Å². The fourth-order valence-corrected chi connectivity index (χ4v) is 4.37. The van der Waals surface area contributed by atoms with Gasteiger partial charge in [-0.05, 0) is 49.9 Å². The standard InChI is InChI=1S/C11H19NO2/c12-6-11(14)8-1-7-2-9(11)5-10(13,3-7)4-8/h7-9,13-14H,1-6,12H2. The maximum atomic E-state index is 10.5. The molecule has 4 aliphatic carbocycles. The summed E-state index contributed by atoms with van der Waals surface area (Å²) in [6, 6.07) is 0. The molecule has 0 saturated heterocycles. The Labute approximate surface area is 84.3 Å². The molecule has 0 aliphatic heterocycles. The largest absolute Gasteiger partial charge is 0.390 e. The first kappa shape index (κ1) is 9.13. The second kappa shape index (κ2) is 2.52. The molecule has 4 fully saturated rings. The summed E-state index contributed by atoms with van der Waals surface area (Å²) < 4.78 is 0. The van der Waals surface area contributed by atoms with E-state index >= 15 is 0 Å². The molecule has 2 unspecified atom stereocenters. The third kappa shape index (κ3) is 0.980. The summed E-state index contributed by atoms with van der Waals surface area (Å²) in [6.45, 7) is 0.366. The van der Waals surface area contributed by atoms with Gasteiger partial charge < -0.3 is 15.9 Å². The van der Waals surface area contributed by atoms with Gasteiger partial charge in [-0.3, -0.25) is 0 Å². The highest BCUT2D eigenvalue weighted by Gasteiger charge is 2.60. The normalized spacial score (nSPS) is 60.6. The molecule has 80 valence electrons. The van der Waals surface area contributed by atoms with Crippen molar-refractivity contribution in [3.63, 3.8) is 0 Å². The zero-order valence-electron chi connectivity index (χ0n) is 8.45. The summed E-state index contributed by atoms with van der Waals surface area (Å²) in [5, 5.41) is 20.8. The summed E-state index contributed by atoms with van der Waals surface area (Å²) in [5.41, 5.74) is 4.58. The predicted octanol–water partition coefficient (Wildman–Crippen LogP) is 0.247. The van der Waals surface area contributed by atoms with Crippen LogP contribution in [0.1, 0.15) is 32.1 Å². The first-order valence-electron chi connectivity index (χ1n) is 5.70. The first-order valence-corrected chi connectivity index (χ1v) is 5.70. The summed E-state index contributed by atoms with van der Waals surface area (Å²) >= 11 is 0. The van der Waals surface area contributed by atoms with Gasteiger partial charge in [-0.1, -0.05) is 0 Å². The molecule has 4 N–H and O–H groups in total. The van der Waals surface area contributed by atoms with Crippen molar-refractivity contribution in [2.75, 3.05) is 6.54 Å². The van der Waals surface area contributed by atoms with Gasteiger partial charge >= 0.3 is 0 Å². The van der Waals surface area contributed by atoms with Crippen molar-refractivity contribution < 1.29 is 10.2 Å². The SMILES string of the molecule is NCC1(O)C2CC3CC1CC(O)(C3)C2. The van der Waals surface area contributed by atoms with Gasteiger partial charge in [0.1, 0.15) is 0 Å². The Morgan fingerprint density at radius 1 is 1.07 bits per heavy atom. The molecule has 0 aromatic carbocycles. The molecule has 0 aromatic heterocycles. The summed E-state index contributed by atoms with van der Waals surface area (Å²) in [4.78, 5) is 0. The topological polar surface area (TPSA) is 66.5 Å². The van der Waals surface area contributed by atoms with E-state index in [1.165, 1.54) is 0 Å². The van der Waals surface area contributed by atoms with Gasteiger partial charge in [-0.25, -0.2) is 0 Å². The maximum Gasteiger partial charge on any atom is 0.0827 e. The van der Waals surface area contributed by atoms with Crippen molar-refractivity contribution >= 4 is 0 Å². The van der Waals surface area contributed by atoms with E-state index < -0.39 is 11.2 Å². The van der Waals surface area contributed by atoms with E-state index in [1.54, 1.807) is 0 Å². The maximum absolute atomic E-state index is 10.5. The average Bonchev–Trinajstić information content (AvgIpc) is 2.11. The Balaban J connectivity index is 1.96. The number of rotatable bonds is 1. The number of nitrogens with two attached hydrogens (primary N) is 1. The minimum absolute atomic E-state index is 0.253. The lowest BCUT2D eigenvalue weighted by molar-refractivity contribution is -0.221. The van der Waals surface area contributed by atoms with Gasteiger partial charge in [0, 0.05) is 6.54 Å². The lowest BCUT2D eigenvalue weighted by atomic mass is 9.48. The van der Waals surface area contributed by atoms with E-state index in [-0.39, 0.29) is 11.8 Å². The summed E-state index contributed by atoms with van der Waals surface area (Å²) in [7, 11) is 0. The molecule has 0 aromatic rings. The smallest absolute Gasteiger partial charge is 0.0827 e. The molecule has 0 spiro atoms. The minimum atomic E-state index is -0.664. The number of hydrogen-bond donors (Lipinski definition) is 3. The van der Waals surface area contributed by atoms with E-state index in [0.29, 0.717) is 12.5 Å². The van der Waals surface area contributed by atoms with Crippen LogP contribution in [0.2, 0.25) is 0 Å². The van der Waals surface area contributed by atoms with Crippen molar-refractivity contribution in [1.29, 1.82) is 0 Å². The third-order valence-corrected chi connectivity index (χ3v) is 4.90. The van der Waals surface area contributed by atoms with E-state index in [9.17, 15) is 10.2 Å². The van der Waals surface area contributed by atoms with E-state index in [1.807, 2.05) is 0 Å². The highest BCUT2D eigenvalue weighted by molar-refractivity contribution is 5.12. The lowest BCUT2D eigenvalue weighted by Gasteiger charge is -2.61. The van der Waals surface area contributed by atoms with Gasteiger partial charge in [0.05, 0.1) is 11.2 Å². The Kier molecular flexibility index (Phi) is 1.64. The highest BCUT2D eigenvalue weighted by Crippen LogP contribution is 2.59. The fourth-order valence-electron chi connectivity index (χ4n) is 4.37. The molecule has 2 atom stereocenters. The van der Waals surface area contributed by atoms with Crippen molar-refractivity contribution in [3.8, 4) is 0 Å². The van der Waals surface area contributed by atoms with Gasteiger partial charge in [0.25, 0.3) is 0 Å². The zero-order valence-corrected chi connectivity index (χ0v) is 8.45. The summed E-state index contributed by atoms with van der Waals surface area (Å²) in [6.07, 6.45) is 4.65. The van der Waals surface area contributed by atoms with Gasteiger partial charge in [0.15, 0.2) is 0 Å². The Morgan fingerprint density at radius 3 is 2.07 bits per heavy atom. The van der Waals surface area contributed by atoms with Gasteiger partial charge in [-0.15, -0.1) is 0 Å². The summed E-state index contributed by atoms with van der Waals surface area (Å²) in [5.74, 6) is 1.15. The molecular formula is C11H19NO2. The molecule has 3 heteroatoms. The second-order valence-corrected chi connectivity index (χ2v) is 5.76. The molecule has 4 bridgehead atoms. The van der Waals surface area contributed by atoms with Crippen LogP contribution >= 0.6 is 0 Å². The van der Waals surface area contributed by atoms with Gasteiger partial charge in [-0.2, -0.15) is 0 Å². The average molecular weight is 197 g/mol. The third-order valence-electron chi connectivity index (χ3n) is 4.90. The molecule has 0 heterocycles. The Bertz CT molecular complexity index is 250. The molecular weight excluding hydrogens is 178 g/mol.